The third-order valence-corrected chi connectivity index (χ3v) is 3.63. The summed E-state index contributed by atoms with van der Waals surface area (Å²) in [6.45, 7) is 4.08. The Bertz CT molecular complexity index is 699. The summed E-state index contributed by atoms with van der Waals surface area (Å²) in [4.78, 5) is 35.1. The standard InChI is InChI=1S/C17H20FN3O4/c1-11(2)17(3,10-19)21-14(22)9-25-15(23)8-20-16(24)12-5-4-6-13(18)7-12/h4-7,11H,8-9H2,1-3H3,(H,20,24)(H,21,22)/t17-/m1/s1. The zero-order valence-corrected chi connectivity index (χ0v) is 14.3. The first-order valence-electron chi connectivity index (χ1n) is 7.59. The topological polar surface area (TPSA) is 108 Å². The van der Waals surface area contributed by atoms with Crippen LogP contribution in [0.25, 0.3) is 0 Å². The van der Waals surface area contributed by atoms with Gasteiger partial charge in [0, 0.05) is 5.56 Å². The van der Waals surface area contributed by atoms with E-state index in [2.05, 4.69) is 10.6 Å². The fraction of sp³-hybridized carbons (Fsp3) is 0.412. The first-order chi connectivity index (χ1) is 11.7. The van der Waals surface area contributed by atoms with Crippen molar-refractivity contribution in [2.24, 2.45) is 5.92 Å². The van der Waals surface area contributed by atoms with E-state index in [1.165, 1.54) is 18.2 Å². The Morgan fingerprint density at radius 2 is 2.04 bits per heavy atom. The fourth-order valence-corrected chi connectivity index (χ4v) is 1.71. The molecule has 1 atom stereocenters. The zero-order valence-electron chi connectivity index (χ0n) is 14.3. The molecule has 0 fully saturated rings. The summed E-state index contributed by atoms with van der Waals surface area (Å²) in [7, 11) is 0. The largest absolute Gasteiger partial charge is 0.454 e. The normalized spacial score (nSPS) is 12.6. The van der Waals surface area contributed by atoms with Gasteiger partial charge in [-0.3, -0.25) is 14.4 Å². The van der Waals surface area contributed by atoms with Crippen LogP contribution in [0, 0.1) is 23.1 Å². The highest BCUT2D eigenvalue weighted by Crippen LogP contribution is 2.14. The Morgan fingerprint density at radius 1 is 1.36 bits per heavy atom. The molecule has 0 aliphatic heterocycles. The second kappa shape index (κ2) is 8.78. The predicted molar refractivity (Wildman–Crippen MR) is 86.7 cm³/mol. The maximum atomic E-state index is 13.0. The SMILES string of the molecule is CC(C)[C@@](C)(C#N)NC(=O)COC(=O)CNC(=O)c1cccc(F)c1. The number of carbonyl (C=O) groups excluding carboxylic acids is 3. The molecule has 0 bridgehead atoms. The molecule has 0 heterocycles. The van der Waals surface area contributed by atoms with Crippen molar-refractivity contribution in [2.75, 3.05) is 13.2 Å². The van der Waals surface area contributed by atoms with E-state index >= 15 is 0 Å². The Balaban J connectivity index is 2.41. The van der Waals surface area contributed by atoms with E-state index in [4.69, 9.17) is 10.00 Å². The molecule has 0 spiro atoms. The van der Waals surface area contributed by atoms with Crippen molar-refractivity contribution in [2.45, 2.75) is 26.3 Å². The van der Waals surface area contributed by atoms with Crippen molar-refractivity contribution in [1.82, 2.24) is 10.6 Å². The lowest BCUT2D eigenvalue weighted by Crippen LogP contribution is -2.50. The molecule has 2 amide bonds. The average molecular weight is 349 g/mol. The van der Waals surface area contributed by atoms with Crippen molar-refractivity contribution >= 4 is 17.8 Å². The molecule has 0 aliphatic rings. The Labute approximate surface area is 145 Å². The number of carbonyl (C=O) groups is 3. The summed E-state index contributed by atoms with van der Waals surface area (Å²) in [6.07, 6.45) is 0. The Hall–Kier alpha value is -2.95. The lowest BCUT2D eigenvalue weighted by atomic mass is 9.90. The van der Waals surface area contributed by atoms with Gasteiger partial charge in [0.25, 0.3) is 11.8 Å². The molecule has 0 aromatic heterocycles. The van der Waals surface area contributed by atoms with Crippen LogP contribution in [0.4, 0.5) is 4.39 Å². The first-order valence-corrected chi connectivity index (χ1v) is 7.59. The molecular formula is C17H20FN3O4. The van der Waals surface area contributed by atoms with Gasteiger partial charge in [-0.1, -0.05) is 19.9 Å². The van der Waals surface area contributed by atoms with Crippen molar-refractivity contribution in [3.05, 3.63) is 35.6 Å². The van der Waals surface area contributed by atoms with E-state index in [9.17, 15) is 18.8 Å². The number of ether oxygens (including phenoxy) is 1. The van der Waals surface area contributed by atoms with Crippen molar-refractivity contribution in [3.63, 3.8) is 0 Å². The van der Waals surface area contributed by atoms with Crippen LogP contribution >= 0.6 is 0 Å². The van der Waals surface area contributed by atoms with Crippen LogP contribution in [0.15, 0.2) is 24.3 Å². The average Bonchev–Trinajstić information content (AvgIpc) is 2.57. The molecule has 1 rings (SSSR count). The van der Waals surface area contributed by atoms with E-state index in [1.807, 2.05) is 6.07 Å². The Kier molecular flexibility index (Phi) is 7.06. The van der Waals surface area contributed by atoms with Crippen LogP contribution in [0.3, 0.4) is 0 Å². The smallest absolute Gasteiger partial charge is 0.325 e. The second-order valence-electron chi connectivity index (χ2n) is 5.87. The summed E-state index contributed by atoms with van der Waals surface area (Å²) in [5, 5.41) is 13.9. The number of hydrogen-bond acceptors (Lipinski definition) is 5. The summed E-state index contributed by atoms with van der Waals surface area (Å²) in [6, 6.07) is 6.98. The van der Waals surface area contributed by atoms with Gasteiger partial charge in [-0.25, -0.2) is 4.39 Å². The van der Waals surface area contributed by atoms with Crippen LogP contribution in [0.1, 0.15) is 31.1 Å². The second-order valence-corrected chi connectivity index (χ2v) is 5.87. The van der Waals surface area contributed by atoms with E-state index in [1.54, 1.807) is 20.8 Å². The highest BCUT2D eigenvalue weighted by Gasteiger charge is 2.30. The number of halogens is 1. The minimum Gasteiger partial charge on any atom is -0.454 e. The van der Waals surface area contributed by atoms with Gasteiger partial charge in [-0.2, -0.15) is 5.26 Å². The van der Waals surface area contributed by atoms with Gasteiger partial charge in [0.1, 0.15) is 17.9 Å². The first kappa shape index (κ1) is 20.1. The van der Waals surface area contributed by atoms with Gasteiger partial charge in [0.2, 0.25) is 0 Å². The van der Waals surface area contributed by atoms with Crippen LogP contribution in [-0.4, -0.2) is 36.5 Å². The van der Waals surface area contributed by atoms with Crippen molar-refractivity contribution in [3.8, 4) is 6.07 Å². The molecule has 1 aromatic carbocycles. The van der Waals surface area contributed by atoms with E-state index in [0.717, 1.165) is 6.07 Å². The van der Waals surface area contributed by atoms with E-state index in [0.29, 0.717) is 0 Å². The van der Waals surface area contributed by atoms with Crippen LogP contribution in [0.5, 0.6) is 0 Å². The van der Waals surface area contributed by atoms with Gasteiger partial charge < -0.3 is 15.4 Å². The molecule has 1 aromatic rings. The number of nitrogens with zero attached hydrogens (tertiary/aromatic N) is 1. The van der Waals surface area contributed by atoms with Gasteiger partial charge in [0.05, 0.1) is 6.07 Å². The lowest BCUT2D eigenvalue weighted by Gasteiger charge is -2.27. The van der Waals surface area contributed by atoms with E-state index < -0.39 is 42.3 Å². The molecule has 0 aliphatic carbocycles. The van der Waals surface area contributed by atoms with Crippen LogP contribution in [0.2, 0.25) is 0 Å². The number of benzene rings is 1. The van der Waals surface area contributed by atoms with Gasteiger partial charge in [-0.05, 0) is 31.0 Å². The molecule has 7 nitrogen and oxygen atoms in total. The molecular weight excluding hydrogens is 329 g/mol. The summed E-state index contributed by atoms with van der Waals surface area (Å²) < 4.78 is 17.8. The van der Waals surface area contributed by atoms with Crippen LogP contribution in [-0.2, 0) is 14.3 Å². The Morgan fingerprint density at radius 3 is 2.60 bits per heavy atom. The maximum Gasteiger partial charge on any atom is 0.325 e. The summed E-state index contributed by atoms with van der Waals surface area (Å²) >= 11 is 0. The molecule has 0 radical (unpaired) electrons. The highest BCUT2D eigenvalue weighted by atomic mass is 19.1. The summed E-state index contributed by atoms with van der Waals surface area (Å²) in [5.41, 5.74) is -1.01. The van der Waals surface area contributed by atoms with Crippen LogP contribution < -0.4 is 10.6 Å². The minimum absolute atomic E-state index is 0.0623. The molecule has 8 heteroatoms. The number of esters is 1. The van der Waals surface area contributed by atoms with Crippen molar-refractivity contribution < 1.29 is 23.5 Å². The third-order valence-electron chi connectivity index (χ3n) is 3.63. The molecule has 0 saturated heterocycles. The lowest BCUT2D eigenvalue weighted by molar-refractivity contribution is -0.147. The highest BCUT2D eigenvalue weighted by molar-refractivity contribution is 5.96. The van der Waals surface area contributed by atoms with Crippen molar-refractivity contribution in [1.29, 1.82) is 5.26 Å². The van der Waals surface area contributed by atoms with Gasteiger partial charge >= 0.3 is 5.97 Å². The molecule has 134 valence electrons. The number of nitrogens with one attached hydrogen (secondary N) is 2. The number of hydrogen-bond donors (Lipinski definition) is 2. The number of rotatable bonds is 7. The monoisotopic (exact) mass is 349 g/mol. The zero-order chi connectivity index (χ0) is 19.0. The molecule has 0 saturated carbocycles. The third kappa shape index (κ3) is 6.22. The molecule has 2 N–H and O–H groups in total. The maximum absolute atomic E-state index is 13.0. The van der Waals surface area contributed by atoms with E-state index in [-0.39, 0.29) is 11.5 Å². The van der Waals surface area contributed by atoms with Gasteiger partial charge in [0.15, 0.2) is 6.61 Å². The minimum atomic E-state index is -1.07. The summed E-state index contributed by atoms with van der Waals surface area (Å²) in [5.74, 6) is -2.80. The predicted octanol–water partition coefficient (Wildman–Crippen LogP) is 1.15. The number of amides is 2. The number of nitriles is 1. The fourth-order valence-electron chi connectivity index (χ4n) is 1.71. The quantitative estimate of drug-likeness (QED) is 0.718. The molecule has 25 heavy (non-hydrogen) atoms. The molecule has 0 unspecified atom stereocenters. The van der Waals surface area contributed by atoms with Gasteiger partial charge in [-0.15, -0.1) is 0 Å².